The number of rotatable bonds is 1. The first-order valence-electron chi connectivity index (χ1n) is 4.80. The molecule has 2 fully saturated rings. The van der Waals surface area contributed by atoms with E-state index in [2.05, 4.69) is 17.6 Å². The molecule has 2 unspecified atom stereocenters. The summed E-state index contributed by atoms with van der Waals surface area (Å²) in [5, 5.41) is 7.19. The van der Waals surface area contributed by atoms with Gasteiger partial charge in [0.05, 0.1) is 0 Å². The molecule has 2 nitrogen and oxygen atoms in total. The molecule has 0 radical (unpaired) electrons. The molecule has 0 aromatic heterocycles. The van der Waals surface area contributed by atoms with Crippen LogP contribution >= 0.6 is 0 Å². The predicted molar refractivity (Wildman–Crippen MR) is 46.7 cm³/mol. The summed E-state index contributed by atoms with van der Waals surface area (Å²) < 4.78 is 0. The summed E-state index contributed by atoms with van der Waals surface area (Å²) in [6, 6.07) is 0.741. The first-order valence-corrected chi connectivity index (χ1v) is 4.80. The molecule has 2 aliphatic heterocycles. The Hall–Kier alpha value is -0.0800. The van der Waals surface area contributed by atoms with E-state index in [1.165, 1.54) is 38.8 Å². The molecule has 0 saturated carbocycles. The van der Waals surface area contributed by atoms with Crippen LogP contribution in [0.3, 0.4) is 0 Å². The van der Waals surface area contributed by atoms with Crippen molar-refractivity contribution < 1.29 is 0 Å². The Bertz CT molecular complexity index is 132. The van der Waals surface area contributed by atoms with Crippen LogP contribution in [0, 0.1) is 0 Å². The van der Waals surface area contributed by atoms with E-state index >= 15 is 0 Å². The number of nitrogens with one attached hydrogen (secondary N) is 2. The summed E-state index contributed by atoms with van der Waals surface area (Å²) in [6.45, 7) is 4.81. The van der Waals surface area contributed by atoms with Crippen LogP contribution in [0.2, 0.25) is 0 Å². The third kappa shape index (κ3) is 1.30. The molecular weight excluding hydrogens is 136 g/mol. The van der Waals surface area contributed by atoms with Gasteiger partial charge in [-0.05, 0) is 45.7 Å². The highest BCUT2D eigenvalue weighted by molar-refractivity contribution is 5.00. The Morgan fingerprint density at radius 3 is 2.73 bits per heavy atom. The molecule has 2 heteroatoms. The fourth-order valence-electron chi connectivity index (χ4n) is 2.44. The first-order chi connectivity index (χ1) is 5.31. The fourth-order valence-corrected chi connectivity index (χ4v) is 2.44. The number of hydrogen-bond acceptors (Lipinski definition) is 2. The summed E-state index contributed by atoms with van der Waals surface area (Å²) in [6.07, 6.45) is 5.44. The Labute approximate surface area is 68.7 Å². The highest BCUT2D eigenvalue weighted by Crippen LogP contribution is 2.27. The lowest BCUT2D eigenvalue weighted by Crippen LogP contribution is -2.52. The third-order valence-corrected chi connectivity index (χ3v) is 3.23. The molecule has 0 amide bonds. The van der Waals surface area contributed by atoms with Gasteiger partial charge in [-0.15, -0.1) is 0 Å². The largest absolute Gasteiger partial charge is 0.312 e. The second-order valence-electron chi connectivity index (χ2n) is 4.10. The van der Waals surface area contributed by atoms with Crippen LogP contribution in [0.1, 0.15) is 32.6 Å². The molecule has 2 rings (SSSR count). The van der Waals surface area contributed by atoms with E-state index in [0.29, 0.717) is 5.54 Å². The minimum absolute atomic E-state index is 0.413. The molecule has 2 saturated heterocycles. The van der Waals surface area contributed by atoms with Crippen LogP contribution < -0.4 is 10.6 Å². The normalized spacial score (nSPS) is 45.0. The molecule has 0 aliphatic carbocycles. The van der Waals surface area contributed by atoms with Crippen molar-refractivity contribution >= 4 is 0 Å². The van der Waals surface area contributed by atoms with Gasteiger partial charge in [0.15, 0.2) is 0 Å². The third-order valence-electron chi connectivity index (χ3n) is 3.23. The minimum atomic E-state index is 0.413. The van der Waals surface area contributed by atoms with Gasteiger partial charge in [-0.25, -0.2) is 0 Å². The summed E-state index contributed by atoms with van der Waals surface area (Å²) >= 11 is 0. The quantitative estimate of drug-likeness (QED) is 0.586. The van der Waals surface area contributed by atoms with Gasteiger partial charge in [-0.2, -0.15) is 0 Å². The molecule has 0 aromatic rings. The minimum Gasteiger partial charge on any atom is -0.312 e. The smallest absolute Gasteiger partial charge is 0.0307 e. The van der Waals surface area contributed by atoms with Crippen molar-refractivity contribution in [2.24, 2.45) is 0 Å². The molecule has 2 aliphatic rings. The lowest BCUT2D eigenvalue weighted by Gasteiger charge is -2.31. The molecule has 0 aromatic carbocycles. The fraction of sp³-hybridized carbons (Fsp3) is 1.00. The monoisotopic (exact) mass is 154 g/mol. The van der Waals surface area contributed by atoms with Crippen LogP contribution in [0.25, 0.3) is 0 Å². The Morgan fingerprint density at radius 2 is 2.18 bits per heavy atom. The van der Waals surface area contributed by atoms with Crippen LogP contribution in [0.5, 0.6) is 0 Å². The first kappa shape index (κ1) is 7.56. The van der Waals surface area contributed by atoms with Crippen LogP contribution in [-0.4, -0.2) is 24.7 Å². The van der Waals surface area contributed by atoms with Crippen LogP contribution in [0.15, 0.2) is 0 Å². The average molecular weight is 154 g/mol. The van der Waals surface area contributed by atoms with Gasteiger partial charge in [0.25, 0.3) is 0 Å². The Kier molecular flexibility index (Phi) is 1.90. The molecule has 11 heavy (non-hydrogen) atoms. The van der Waals surface area contributed by atoms with E-state index in [1.807, 2.05) is 0 Å². The lowest BCUT2D eigenvalue weighted by atomic mass is 9.90. The standard InChI is InChI=1S/C9H18N2/c1-9(5-3-7-11-9)8-4-2-6-10-8/h8,10-11H,2-7H2,1H3. The molecule has 0 spiro atoms. The maximum Gasteiger partial charge on any atom is 0.0307 e. The van der Waals surface area contributed by atoms with Crippen molar-refractivity contribution in [2.75, 3.05) is 13.1 Å². The SMILES string of the molecule is CC1(C2CCCN2)CCCN1. The zero-order valence-electron chi connectivity index (χ0n) is 7.32. The summed E-state index contributed by atoms with van der Waals surface area (Å²) in [4.78, 5) is 0. The predicted octanol–water partition coefficient (Wildman–Crippen LogP) is 0.880. The maximum atomic E-state index is 3.61. The van der Waals surface area contributed by atoms with E-state index in [1.54, 1.807) is 0 Å². The summed E-state index contributed by atoms with van der Waals surface area (Å²) in [5.41, 5.74) is 0.413. The van der Waals surface area contributed by atoms with Gasteiger partial charge < -0.3 is 10.6 Å². The highest BCUT2D eigenvalue weighted by Gasteiger charge is 2.37. The molecule has 2 heterocycles. The van der Waals surface area contributed by atoms with Crippen molar-refractivity contribution in [1.82, 2.24) is 10.6 Å². The van der Waals surface area contributed by atoms with Crippen molar-refractivity contribution in [2.45, 2.75) is 44.2 Å². The van der Waals surface area contributed by atoms with Crippen molar-refractivity contribution in [3.05, 3.63) is 0 Å². The molecular formula is C9H18N2. The average Bonchev–Trinajstić information content (AvgIpc) is 2.55. The van der Waals surface area contributed by atoms with Gasteiger partial charge in [0.1, 0.15) is 0 Å². The Balaban J connectivity index is 2.00. The van der Waals surface area contributed by atoms with Crippen molar-refractivity contribution in [3.8, 4) is 0 Å². The summed E-state index contributed by atoms with van der Waals surface area (Å²) in [7, 11) is 0. The second-order valence-corrected chi connectivity index (χ2v) is 4.10. The van der Waals surface area contributed by atoms with Gasteiger partial charge in [0, 0.05) is 11.6 Å². The molecule has 2 atom stereocenters. The molecule has 2 N–H and O–H groups in total. The number of hydrogen-bond donors (Lipinski definition) is 2. The second kappa shape index (κ2) is 2.76. The van der Waals surface area contributed by atoms with E-state index in [4.69, 9.17) is 0 Å². The van der Waals surface area contributed by atoms with Crippen molar-refractivity contribution in [1.29, 1.82) is 0 Å². The van der Waals surface area contributed by atoms with Gasteiger partial charge >= 0.3 is 0 Å². The highest BCUT2D eigenvalue weighted by atomic mass is 15.1. The molecule has 64 valence electrons. The van der Waals surface area contributed by atoms with Gasteiger partial charge in [-0.3, -0.25) is 0 Å². The Morgan fingerprint density at radius 1 is 1.27 bits per heavy atom. The summed E-state index contributed by atoms with van der Waals surface area (Å²) in [5.74, 6) is 0. The maximum absolute atomic E-state index is 3.61. The molecule has 0 bridgehead atoms. The van der Waals surface area contributed by atoms with Gasteiger partial charge in [0.2, 0.25) is 0 Å². The lowest BCUT2D eigenvalue weighted by molar-refractivity contribution is 0.310. The zero-order chi connectivity index (χ0) is 7.73. The van der Waals surface area contributed by atoms with E-state index in [-0.39, 0.29) is 0 Å². The topological polar surface area (TPSA) is 24.1 Å². The van der Waals surface area contributed by atoms with Crippen LogP contribution in [0.4, 0.5) is 0 Å². The van der Waals surface area contributed by atoms with E-state index in [0.717, 1.165) is 6.04 Å². The van der Waals surface area contributed by atoms with E-state index < -0.39 is 0 Å². The van der Waals surface area contributed by atoms with Gasteiger partial charge in [-0.1, -0.05) is 0 Å². The van der Waals surface area contributed by atoms with Crippen molar-refractivity contribution in [3.63, 3.8) is 0 Å². The van der Waals surface area contributed by atoms with E-state index in [9.17, 15) is 0 Å². The van der Waals surface area contributed by atoms with Crippen LogP contribution in [-0.2, 0) is 0 Å². The zero-order valence-corrected chi connectivity index (χ0v) is 7.32.